The largest absolute Gasteiger partial charge is 0.322 e. The SMILES string of the molecule is NNc1cnnc2ccc(I)cc12. The minimum Gasteiger partial charge on any atom is -0.322 e. The van der Waals surface area contributed by atoms with Crippen molar-refractivity contribution in [2.24, 2.45) is 5.84 Å². The van der Waals surface area contributed by atoms with Crippen molar-refractivity contribution in [3.8, 4) is 0 Å². The van der Waals surface area contributed by atoms with Gasteiger partial charge in [0.15, 0.2) is 0 Å². The lowest BCUT2D eigenvalue weighted by atomic mass is 10.2. The van der Waals surface area contributed by atoms with E-state index in [-0.39, 0.29) is 0 Å². The molecule has 0 spiro atoms. The molecule has 0 aliphatic heterocycles. The van der Waals surface area contributed by atoms with Crippen LogP contribution in [0.1, 0.15) is 0 Å². The first-order valence-corrected chi connectivity index (χ1v) is 4.76. The molecule has 4 nitrogen and oxygen atoms in total. The van der Waals surface area contributed by atoms with Crippen LogP contribution in [-0.2, 0) is 0 Å². The van der Waals surface area contributed by atoms with Gasteiger partial charge in [0.05, 0.1) is 17.4 Å². The standard InChI is InChI=1S/C8H7IN4/c9-5-1-2-7-6(3-5)8(12-10)4-11-13-7/h1-4H,10H2,(H,12,13). The average Bonchev–Trinajstić information content (AvgIpc) is 2.17. The van der Waals surface area contributed by atoms with Gasteiger partial charge in [-0.25, -0.2) is 0 Å². The molecule has 3 N–H and O–H groups in total. The smallest absolute Gasteiger partial charge is 0.0951 e. The van der Waals surface area contributed by atoms with Gasteiger partial charge in [0, 0.05) is 8.96 Å². The molecule has 5 heteroatoms. The van der Waals surface area contributed by atoms with Crippen LogP contribution in [0.25, 0.3) is 10.9 Å². The van der Waals surface area contributed by atoms with Crippen LogP contribution < -0.4 is 11.3 Å². The van der Waals surface area contributed by atoms with Crippen LogP contribution in [0.5, 0.6) is 0 Å². The molecule has 1 heterocycles. The van der Waals surface area contributed by atoms with Crippen molar-refractivity contribution in [1.82, 2.24) is 10.2 Å². The zero-order valence-corrected chi connectivity index (χ0v) is 8.82. The first kappa shape index (κ1) is 8.64. The Bertz CT molecular complexity index is 443. The molecule has 0 atom stereocenters. The Balaban J connectivity index is 2.79. The number of nitrogens with two attached hydrogens (primary N) is 1. The third-order valence-electron chi connectivity index (χ3n) is 1.76. The molecule has 0 bridgehead atoms. The summed E-state index contributed by atoms with van der Waals surface area (Å²) >= 11 is 2.24. The van der Waals surface area contributed by atoms with E-state index in [1.807, 2.05) is 18.2 Å². The van der Waals surface area contributed by atoms with Crippen molar-refractivity contribution in [1.29, 1.82) is 0 Å². The average molecular weight is 286 g/mol. The summed E-state index contributed by atoms with van der Waals surface area (Å²) in [6.45, 7) is 0. The highest BCUT2D eigenvalue weighted by atomic mass is 127. The molecule has 1 aromatic heterocycles. The van der Waals surface area contributed by atoms with E-state index in [0.29, 0.717) is 0 Å². The van der Waals surface area contributed by atoms with E-state index in [9.17, 15) is 0 Å². The highest BCUT2D eigenvalue weighted by molar-refractivity contribution is 14.1. The number of benzene rings is 1. The monoisotopic (exact) mass is 286 g/mol. The quantitative estimate of drug-likeness (QED) is 0.474. The van der Waals surface area contributed by atoms with E-state index >= 15 is 0 Å². The van der Waals surface area contributed by atoms with E-state index < -0.39 is 0 Å². The molecule has 0 saturated heterocycles. The number of hydrogen-bond donors (Lipinski definition) is 2. The highest BCUT2D eigenvalue weighted by Gasteiger charge is 2.01. The number of hydrazine groups is 1. The minimum atomic E-state index is 0.795. The molecule has 66 valence electrons. The van der Waals surface area contributed by atoms with E-state index in [1.165, 1.54) is 0 Å². The summed E-state index contributed by atoms with van der Waals surface area (Å²) in [5.41, 5.74) is 4.23. The van der Waals surface area contributed by atoms with Gasteiger partial charge in [0.25, 0.3) is 0 Å². The number of anilines is 1. The van der Waals surface area contributed by atoms with Gasteiger partial charge in [-0.3, -0.25) is 5.84 Å². The number of halogens is 1. The Morgan fingerprint density at radius 1 is 1.38 bits per heavy atom. The molecule has 0 fully saturated rings. The molecule has 13 heavy (non-hydrogen) atoms. The molecule has 2 aromatic rings. The molecular formula is C8H7IN4. The predicted octanol–water partition coefficient (Wildman–Crippen LogP) is 1.52. The Hall–Kier alpha value is -0.950. The van der Waals surface area contributed by atoms with Gasteiger partial charge in [-0.1, -0.05) is 0 Å². The number of nitrogen functional groups attached to an aromatic ring is 1. The normalized spacial score (nSPS) is 10.3. The van der Waals surface area contributed by atoms with E-state index in [0.717, 1.165) is 20.2 Å². The Morgan fingerprint density at radius 3 is 3.00 bits per heavy atom. The maximum Gasteiger partial charge on any atom is 0.0951 e. The number of aromatic nitrogens is 2. The zero-order valence-electron chi connectivity index (χ0n) is 6.66. The summed E-state index contributed by atoms with van der Waals surface area (Å²) in [4.78, 5) is 0. The Morgan fingerprint density at radius 2 is 2.23 bits per heavy atom. The maximum atomic E-state index is 5.35. The maximum absolute atomic E-state index is 5.35. The summed E-state index contributed by atoms with van der Waals surface area (Å²) < 4.78 is 1.15. The van der Waals surface area contributed by atoms with Crippen molar-refractivity contribution >= 4 is 39.2 Å². The fourth-order valence-corrected chi connectivity index (χ4v) is 1.64. The molecular weight excluding hydrogens is 279 g/mol. The number of fused-ring (bicyclic) bond motifs is 1. The van der Waals surface area contributed by atoms with Gasteiger partial charge in [-0.05, 0) is 40.8 Å². The van der Waals surface area contributed by atoms with Crippen molar-refractivity contribution in [3.05, 3.63) is 28.0 Å². The highest BCUT2D eigenvalue weighted by Crippen LogP contribution is 2.21. The molecule has 0 amide bonds. The first-order valence-electron chi connectivity index (χ1n) is 3.69. The number of nitrogens with one attached hydrogen (secondary N) is 1. The fraction of sp³-hybridized carbons (Fsp3) is 0. The topological polar surface area (TPSA) is 63.8 Å². The summed E-state index contributed by atoms with van der Waals surface area (Å²) in [6, 6.07) is 5.92. The second kappa shape index (κ2) is 3.43. The van der Waals surface area contributed by atoms with Gasteiger partial charge in [0.2, 0.25) is 0 Å². The van der Waals surface area contributed by atoms with Crippen molar-refractivity contribution in [3.63, 3.8) is 0 Å². The third kappa shape index (κ3) is 1.56. The molecule has 0 saturated carbocycles. The lowest BCUT2D eigenvalue weighted by Gasteiger charge is -2.03. The van der Waals surface area contributed by atoms with Crippen LogP contribution in [0.2, 0.25) is 0 Å². The molecule has 0 unspecified atom stereocenters. The summed E-state index contributed by atoms with van der Waals surface area (Å²) in [5, 5.41) is 8.79. The molecule has 0 radical (unpaired) electrons. The third-order valence-corrected chi connectivity index (χ3v) is 2.43. The zero-order chi connectivity index (χ0) is 9.26. The summed E-state index contributed by atoms with van der Waals surface area (Å²) in [5.74, 6) is 5.35. The van der Waals surface area contributed by atoms with E-state index in [4.69, 9.17) is 5.84 Å². The number of rotatable bonds is 1. The second-order valence-corrected chi connectivity index (χ2v) is 3.81. The molecule has 1 aromatic carbocycles. The van der Waals surface area contributed by atoms with Crippen LogP contribution in [-0.4, -0.2) is 10.2 Å². The minimum absolute atomic E-state index is 0.795. The van der Waals surface area contributed by atoms with Crippen molar-refractivity contribution in [2.75, 3.05) is 5.43 Å². The van der Waals surface area contributed by atoms with Crippen molar-refractivity contribution in [2.45, 2.75) is 0 Å². The lowest BCUT2D eigenvalue weighted by Crippen LogP contribution is -2.07. The number of nitrogens with zero attached hydrogens (tertiary/aromatic N) is 2. The van der Waals surface area contributed by atoms with Crippen LogP contribution in [0.3, 0.4) is 0 Å². The molecule has 0 aliphatic rings. The van der Waals surface area contributed by atoms with Gasteiger partial charge >= 0.3 is 0 Å². The second-order valence-electron chi connectivity index (χ2n) is 2.56. The predicted molar refractivity (Wildman–Crippen MR) is 60.1 cm³/mol. The van der Waals surface area contributed by atoms with Gasteiger partial charge in [-0.2, -0.15) is 10.2 Å². The molecule has 2 rings (SSSR count). The van der Waals surface area contributed by atoms with Crippen LogP contribution in [0.15, 0.2) is 24.4 Å². The van der Waals surface area contributed by atoms with E-state index in [1.54, 1.807) is 6.20 Å². The van der Waals surface area contributed by atoms with Crippen LogP contribution in [0.4, 0.5) is 5.69 Å². The number of hydrogen-bond acceptors (Lipinski definition) is 4. The summed E-state index contributed by atoms with van der Waals surface area (Å²) in [6.07, 6.45) is 1.61. The molecule has 0 aliphatic carbocycles. The lowest BCUT2D eigenvalue weighted by molar-refractivity contribution is 1.07. The Kier molecular flexibility index (Phi) is 2.28. The van der Waals surface area contributed by atoms with Crippen molar-refractivity contribution < 1.29 is 0 Å². The Labute approximate surface area is 88.6 Å². The van der Waals surface area contributed by atoms with Crippen LogP contribution in [0, 0.1) is 3.57 Å². The van der Waals surface area contributed by atoms with Gasteiger partial charge in [-0.15, -0.1) is 0 Å². The van der Waals surface area contributed by atoms with Crippen LogP contribution >= 0.6 is 22.6 Å². The fourth-order valence-electron chi connectivity index (χ4n) is 1.14. The summed E-state index contributed by atoms with van der Waals surface area (Å²) in [7, 11) is 0. The van der Waals surface area contributed by atoms with Gasteiger partial charge < -0.3 is 5.43 Å². The first-order chi connectivity index (χ1) is 6.31. The van der Waals surface area contributed by atoms with Gasteiger partial charge in [0.1, 0.15) is 0 Å². The van der Waals surface area contributed by atoms with E-state index in [2.05, 4.69) is 38.2 Å².